The van der Waals surface area contributed by atoms with Gasteiger partial charge in [-0.3, -0.25) is 0 Å². The second-order valence-electron chi connectivity index (χ2n) is 5.08. The van der Waals surface area contributed by atoms with Crippen LogP contribution in [-0.4, -0.2) is 18.1 Å². The largest absolute Gasteiger partial charge is 0.316 e. The van der Waals surface area contributed by atoms with Gasteiger partial charge in [-0.1, -0.05) is 28.1 Å². The molecule has 1 aromatic heterocycles. The molecule has 1 N–H and O–H groups in total. The van der Waals surface area contributed by atoms with Gasteiger partial charge < -0.3 is 5.32 Å². The summed E-state index contributed by atoms with van der Waals surface area (Å²) in [6, 6.07) is 8.73. The molecule has 1 aliphatic rings. The third-order valence-corrected chi connectivity index (χ3v) is 5.36. The van der Waals surface area contributed by atoms with Crippen molar-refractivity contribution in [3.63, 3.8) is 0 Å². The second kappa shape index (κ2) is 5.73. The highest BCUT2D eigenvalue weighted by Crippen LogP contribution is 2.38. The van der Waals surface area contributed by atoms with Gasteiger partial charge in [0.2, 0.25) is 0 Å². The summed E-state index contributed by atoms with van der Waals surface area (Å²) in [4.78, 5) is 4.71. The normalized spacial score (nSPS) is 23.5. The van der Waals surface area contributed by atoms with Crippen molar-refractivity contribution in [2.24, 2.45) is 0 Å². The molecule has 0 bridgehead atoms. The van der Waals surface area contributed by atoms with Crippen LogP contribution in [0.1, 0.15) is 34.5 Å². The average Bonchev–Trinajstić information content (AvgIpc) is 2.86. The number of halogens is 1. The standard InChI is InChI=1S/C15H17BrN2S/c1-10-9-19-15(18-10)13-6-7-17-8-14(13)11-2-4-12(16)5-3-11/h2-5,9,13-14,17H,6-8H2,1H3. The number of hydrogen-bond donors (Lipinski definition) is 1. The van der Waals surface area contributed by atoms with Gasteiger partial charge in [0.05, 0.1) is 5.01 Å². The fourth-order valence-electron chi connectivity index (χ4n) is 2.76. The quantitative estimate of drug-likeness (QED) is 0.893. The Kier molecular flexibility index (Phi) is 4.01. The molecule has 1 aliphatic heterocycles. The number of nitrogens with one attached hydrogen (secondary N) is 1. The van der Waals surface area contributed by atoms with E-state index < -0.39 is 0 Å². The smallest absolute Gasteiger partial charge is 0.0966 e. The molecule has 2 heterocycles. The number of benzene rings is 1. The van der Waals surface area contributed by atoms with Crippen molar-refractivity contribution in [2.45, 2.75) is 25.2 Å². The lowest BCUT2D eigenvalue weighted by Gasteiger charge is -2.31. The van der Waals surface area contributed by atoms with E-state index in [1.165, 1.54) is 17.0 Å². The first kappa shape index (κ1) is 13.3. The number of thiazole rings is 1. The minimum absolute atomic E-state index is 0.535. The molecule has 3 rings (SSSR count). The van der Waals surface area contributed by atoms with Gasteiger partial charge in [-0.05, 0) is 37.6 Å². The van der Waals surface area contributed by atoms with E-state index in [4.69, 9.17) is 4.98 Å². The fraction of sp³-hybridized carbons (Fsp3) is 0.400. The van der Waals surface area contributed by atoms with Crippen LogP contribution >= 0.6 is 27.3 Å². The zero-order valence-corrected chi connectivity index (χ0v) is 13.3. The predicted octanol–water partition coefficient (Wildman–Crippen LogP) is 4.07. The Hall–Kier alpha value is -0.710. The molecule has 0 aliphatic carbocycles. The summed E-state index contributed by atoms with van der Waals surface area (Å²) >= 11 is 5.32. The van der Waals surface area contributed by atoms with Crippen LogP contribution in [0, 0.1) is 6.92 Å². The molecule has 2 unspecified atom stereocenters. The van der Waals surface area contributed by atoms with Gasteiger partial charge in [-0.25, -0.2) is 4.98 Å². The summed E-state index contributed by atoms with van der Waals surface area (Å²) < 4.78 is 1.14. The molecule has 1 aromatic carbocycles. The lowest BCUT2D eigenvalue weighted by molar-refractivity contribution is 0.403. The van der Waals surface area contributed by atoms with Gasteiger partial charge in [0.15, 0.2) is 0 Å². The first-order valence-electron chi connectivity index (χ1n) is 6.62. The topological polar surface area (TPSA) is 24.9 Å². The van der Waals surface area contributed by atoms with Crippen molar-refractivity contribution in [1.29, 1.82) is 0 Å². The minimum atomic E-state index is 0.535. The van der Waals surface area contributed by atoms with E-state index in [0.29, 0.717) is 11.8 Å². The molecule has 4 heteroatoms. The molecule has 0 radical (unpaired) electrons. The first-order valence-corrected chi connectivity index (χ1v) is 8.29. The Bertz CT molecular complexity index is 550. The van der Waals surface area contributed by atoms with Crippen molar-refractivity contribution in [3.05, 3.63) is 50.4 Å². The molecule has 1 fully saturated rings. The Morgan fingerprint density at radius 3 is 2.74 bits per heavy atom. The van der Waals surface area contributed by atoms with Crippen molar-refractivity contribution in [3.8, 4) is 0 Å². The Balaban J connectivity index is 1.90. The van der Waals surface area contributed by atoms with Gasteiger partial charge in [-0.2, -0.15) is 0 Å². The van der Waals surface area contributed by atoms with Gasteiger partial charge >= 0.3 is 0 Å². The molecular formula is C15H17BrN2S. The summed E-state index contributed by atoms with van der Waals surface area (Å²) in [5.74, 6) is 1.09. The van der Waals surface area contributed by atoms with Crippen LogP contribution in [0.15, 0.2) is 34.1 Å². The third-order valence-electron chi connectivity index (χ3n) is 3.73. The Morgan fingerprint density at radius 1 is 1.26 bits per heavy atom. The summed E-state index contributed by atoms with van der Waals surface area (Å²) in [5, 5.41) is 6.98. The average molecular weight is 337 g/mol. The molecule has 2 atom stereocenters. The number of aryl methyl sites for hydroxylation is 1. The van der Waals surface area contributed by atoms with Gasteiger partial charge in [-0.15, -0.1) is 11.3 Å². The molecule has 2 nitrogen and oxygen atoms in total. The maximum Gasteiger partial charge on any atom is 0.0966 e. The lowest BCUT2D eigenvalue weighted by atomic mass is 9.82. The van der Waals surface area contributed by atoms with E-state index in [0.717, 1.165) is 23.3 Å². The highest BCUT2D eigenvalue weighted by molar-refractivity contribution is 9.10. The minimum Gasteiger partial charge on any atom is -0.316 e. The lowest BCUT2D eigenvalue weighted by Crippen LogP contribution is -2.34. The monoisotopic (exact) mass is 336 g/mol. The number of rotatable bonds is 2. The maximum atomic E-state index is 4.71. The van der Waals surface area contributed by atoms with Gasteiger partial charge in [0.1, 0.15) is 0 Å². The van der Waals surface area contributed by atoms with Crippen molar-refractivity contribution in [1.82, 2.24) is 10.3 Å². The predicted molar refractivity (Wildman–Crippen MR) is 84.0 cm³/mol. The highest BCUT2D eigenvalue weighted by Gasteiger charge is 2.29. The molecule has 19 heavy (non-hydrogen) atoms. The SMILES string of the molecule is Cc1csc(C2CCNCC2c2ccc(Br)cc2)n1. The summed E-state index contributed by atoms with van der Waals surface area (Å²) in [6.07, 6.45) is 1.17. The van der Waals surface area contributed by atoms with E-state index >= 15 is 0 Å². The van der Waals surface area contributed by atoms with Gasteiger partial charge in [0.25, 0.3) is 0 Å². The summed E-state index contributed by atoms with van der Waals surface area (Å²) in [7, 11) is 0. The molecule has 2 aromatic rings. The van der Waals surface area contributed by atoms with Crippen LogP contribution in [0.3, 0.4) is 0 Å². The third kappa shape index (κ3) is 2.91. The highest BCUT2D eigenvalue weighted by atomic mass is 79.9. The van der Waals surface area contributed by atoms with Crippen LogP contribution in [0.4, 0.5) is 0 Å². The second-order valence-corrected chi connectivity index (χ2v) is 6.89. The first-order chi connectivity index (χ1) is 9.24. The van der Waals surface area contributed by atoms with E-state index in [2.05, 4.69) is 57.8 Å². The zero-order valence-electron chi connectivity index (χ0n) is 10.9. The van der Waals surface area contributed by atoms with Crippen molar-refractivity contribution < 1.29 is 0 Å². The van der Waals surface area contributed by atoms with Crippen LogP contribution in [0.2, 0.25) is 0 Å². The van der Waals surface area contributed by atoms with Crippen molar-refractivity contribution >= 4 is 27.3 Å². The van der Waals surface area contributed by atoms with Crippen LogP contribution < -0.4 is 5.32 Å². The van der Waals surface area contributed by atoms with Crippen LogP contribution in [0.5, 0.6) is 0 Å². The molecule has 1 saturated heterocycles. The van der Waals surface area contributed by atoms with E-state index in [1.807, 2.05) is 11.3 Å². The molecular weight excluding hydrogens is 320 g/mol. The molecule has 0 amide bonds. The summed E-state index contributed by atoms with van der Waals surface area (Å²) in [6.45, 7) is 4.22. The van der Waals surface area contributed by atoms with E-state index in [9.17, 15) is 0 Å². The molecule has 0 saturated carbocycles. The van der Waals surface area contributed by atoms with Gasteiger partial charge in [0, 0.05) is 33.9 Å². The van der Waals surface area contributed by atoms with E-state index in [-0.39, 0.29) is 0 Å². The van der Waals surface area contributed by atoms with Crippen LogP contribution in [-0.2, 0) is 0 Å². The number of piperidine rings is 1. The number of nitrogens with zero attached hydrogens (tertiary/aromatic N) is 1. The molecule has 100 valence electrons. The van der Waals surface area contributed by atoms with E-state index in [1.54, 1.807) is 0 Å². The number of hydrogen-bond acceptors (Lipinski definition) is 3. The Morgan fingerprint density at radius 2 is 2.05 bits per heavy atom. The van der Waals surface area contributed by atoms with Crippen molar-refractivity contribution in [2.75, 3.05) is 13.1 Å². The Labute approximate surface area is 126 Å². The molecule has 0 spiro atoms. The summed E-state index contributed by atoms with van der Waals surface area (Å²) in [5.41, 5.74) is 2.56. The zero-order chi connectivity index (χ0) is 13.2. The fourth-order valence-corrected chi connectivity index (χ4v) is 4.02. The number of aromatic nitrogens is 1. The van der Waals surface area contributed by atoms with Crippen LogP contribution in [0.25, 0.3) is 0 Å². The maximum absolute atomic E-state index is 4.71.